The fourth-order valence-electron chi connectivity index (χ4n) is 14.1. The number of likely N-dealkylation sites (N-methyl/N-ethyl adjacent to an activating group) is 2. The number of urea groups is 1. The molecule has 2 saturated heterocycles. The van der Waals surface area contributed by atoms with Crippen LogP contribution in [0.25, 0.3) is 0 Å². The molecule has 0 spiro atoms. The van der Waals surface area contributed by atoms with E-state index in [1.807, 2.05) is 90.9 Å². The van der Waals surface area contributed by atoms with Gasteiger partial charge in [-0.1, -0.05) is 111 Å². The molecule has 2 aromatic rings. The van der Waals surface area contributed by atoms with Crippen molar-refractivity contribution in [3.8, 4) is 0 Å². The van der Waals surface area contributed by atoms with Gasteiger partial charge in [-0.25, -0.2) is 4.79 Å². The van der Waals surface area contributed by atoms with E-state index in [4.69, 9.17) is 19.9 Å². The standard InChI is InChI=1S/C74H117N9O14/c1-17-49(9)68(81(14)72(92)57(46(3)4)43-61(86)67(48(7)8)79(11)12)62(95-15)44-65(89)83-37-23-27-58(83)69(96-16)50(10)59(84)42-55(40-51-24-20-19-21-25-51)71(91)80(13)45-52-28-30-56(31-29-52)77-70(90)54(26-22-36-76-74(75)94)41-60(85)66(47(5)6)78-63(87)32-33-64(88)82-38-34-53(35-39-82)73(93)97-18-2/h19-21,24-25,28-31,46-50,53-55,57-58,62,66-69H,17-18,22-23,26-27,32-45H2,1-16H3,(H,77,90)(H,78,87)(H3,75,76,94)/t49-,50-,54+,55+,57-,58-,62+,66-,67-,68-,69+/m0/s1. The summed E-state index contributed by atoms with van der Waals surface area (Å²) in [6.07, 6.45) is 1.83. The van der Waals surface area contributed by atoms with Gasteiger partial charge in [-0.3, -0.25) is 52.8 Å². The summed E-state index contributed by atoms with van der Waals surface area (Å²) in [5.74, 6) is -6.30. The topological polar surface area (TPSA) is 294 Å². The molecule has 0 aliphatic carbocycles. The van der Waals surface area contributed by atoms with Crippen molar-refractivity contribution < 1.29 is 67.0 Å². The molecule has 0 saturated carbocycles. The number of amides is 8. The third-order valence-corrected chi connectivity index (χ3v) is 19.8. The Morgan fingerprint density at radius 2 is 1.31 bits per heavy atom. The maximum atomic E-state index is 14.7. The number of carbonyl (C=O) groups excluding carboxylic acids is 11. The Bertz CT molecular complexity index is 2890. The van der Waals surface area contributed by atoms with Gasteiger partial charge in [0.25, 0.3) is 0 Å². The van der Waals surface area contributed by atoms with E-state index in [1.165, 1.54) is 0 Å². The van der Waals surface area contributed by atoms with Gasteiger partial charge in [-0.15, -0.1) is 0 Å². The summed E-state index contributed by atoms with van der Waals surface area (Å²) in [6, 6.07) is 13.4. The number of nitrogens with two attached hydrogens (primary N) is 1. The number of esters is 1. The lowest BCUT2D eigenvalue weighted by molar-refractivity contribution is -0.151. The fourth-order valence-corrected chi connectivity index (χ4v) is 14.1. The Labute approximate surface area is 577 Å². The quantitative estimate of drug-likeness (QED) is 0.0364. The van der Waals surface area contributed by atoms with Crippen molar-refractivity contribution >= 4 is 70.5 Å². The molecule has 0 radical (unpaired) electrons. The van der Waals surface area contributed by atoms with Gasteiger partial charge in [0.15, 0.2) is 11.6 Å². The number of carbonyl (C=O) groups is 11. The van der Waals surface area contributed by atoms with Crippen LogP contribution in [0, 0.1) is 53.3 Å². The second-order valence-electron chi connectivity index (χ2n) is 28.2. The first kappa shape index (κ1) is 82.3. The number of rotatable bonds is 41. The molecule has 8 amide bonds. The zero-order valence-corrected chi connectivity index (χ0v) is 61.0. The number of hydrogen-bond donors (Lipinski definition) is 4. The Hall–Kier alpha value is -7.11. The lowest BCUT2D eigenvalue weighted by Crippen LogP contribution is -2.54. The van der Waals surface area contributed by atoms with Gasteiger partial charge in [0.05, 0.1) is 55.3 Å². The maximum absolute atomic E-state index is 14.7. The average molecular weight is 1360 g/mol. The smallest absolute Gasteiger partial charge is 0.312 e. The van der Waals surface area contributed by atoms with Gasteiger partial charge >= 0.3 is 12.0 Å². The number of benzene rings is 2. The minimum absolute atomic E-state index is 0.0130. The highest BCUT2D eigenvalue weighted by atomic mass is 16.5. The van der Waals surface area contributed by atoms with Gasteiger partial charge in [-0.05, 0) is 113 Å². The van der Waals surface area contributed by atoms with Gasteiger partial charge < -0.3 is 55.5 Å². The zero-order valence-electron chi connectivity index (χ0n) is 61.0. The van der Waals surface area contributed by atoms with E-state index in [9.17, 15) is 52.7 Å². The van der Waals surface area contributed by atoms with Crippen LogP contribution in [0.4, 0.5) is 10.5 Å². The molecule has 0 aromatic heterocycles. The lowest BCUT2D eigenvalue weighted by Gasteiger charge is -2.41. The average Bonchev–Trinajstić information content (AvgIpc) is 1.79. The predicted molar refractivity (Wildman–Crippen MR) is 373 cm³/mol. The van der Waals surface area contributed by atoms with Crippen LogP contribution in [0.3, 0.4) is 0 Å². The molecule has 97 heavy (non-hydrogen) atoms. The molecule has 0 bridgehead atoms. The van der Waals surface area contributed by atoms with Crippen LogP contribution < -0.4 is 21.7 Å². The van der Waals surface area contributed by atoms with Gasteiger partial charge in [0.2, 0.25) is 35.4 Å². The Morgan fingerprint density at radius 1 is 0.670 bits per heavy atom. The second kappa shape index (κ2) is 40.7. The fraction of sp³-hybridized carbons (Fsp3) is 0.689. The third-order valence-electron chi connectivity index (χ3n) is 19.8. The summed E-state index contributed by atoms with van der Waals surface area (Å²) in [4.78, 5) is 159. The molecule has 4 rings (SSSR count). The number of nitrogens with zero attached hydrogens (tertiary/aromatic N) is 5. The second-order valence-corrected chi connectivity index (χ2v) is 28.2. The van der Waals surface area contributed by atoms with Crippen molar-refractivity contribution in [3.63, 3.8) is 0 Å². The normalized spacial score (nSPS) is 17.5. The minimum atomic E-state index is -0.956. The van der Waals surface area contributed by atoms with E-state index in [0.29, 0.717) is 63.8 Å². The number of piperidine rings is 1. The Kier molecular flexibility index (Phi) is 34.5. The van der Waals surface area contributed by atoms with E-state index in [1.54, 1.807) is 99.9 Å². The summed E-state index contributed by atoms with van der Waals surface area (Å²) in [6.45, 7) is 20.9. The monoisotopic (exact) mass is 1360 g/mol. The van der Waals surface area contributed by atoms with Crippen LogP contribution in [-0.2, 0) is 75.1 Å². The first-order valence-electron chi connectivity index (χ1n) is 35.2. The molecule has 2 aliphatic rings. The molecule has 23 heteroatoms. The number of likely N-dealkylation sites (tertiary alicyclic amines) is 2. The van der Waals surface area contributed by atoms with Gasteiger partial charge in [-0.2, -0.15) is 0 Å². The SMILES string of the molecule is CCOC(=O)C1CCN(C(=O)CCC(=O)N[C@H](C(=O)C[C@@H](CCCNC(N)=O)C(=O)Nc2ccc(CN(C)C(=O)[C@@H](CC(=O)[C@H](C)[C@@H](OC)[C@@H]3CCCN3C(=O)C[C@@H](OC)[C@H]([C@@H](C)CC)N(C)C(=O)[C@@H](CC(=O)[C@H](C(C)C)N(C)C)C(C)C)Cc3ccccc3)cc2)C(C)C)CC1. The van der Waals surface area contributed by atoms with E-state index in [2.05, 4.69) is 16.0 Å². The molecule has 2 aromatic carbocycles. The molecule has 2 fully saturated rings. The largest absolute Gasteiger partial charge is 0.466 e. The van der Waals surface area contributed by atoms with E-state index in [0.717, 1.165) is 11.1 Å². The molecule has 5 N–H and O–H groups in total. The third kappa shape index (κ3) is 25.0. The molecular weight excluding hydrogens is 1240 g/mol. The predicted octanol–water partition coefficient (Wildman–Crippen LogP) is 7.89. The van der Waals surface area contributed by atoms with Crippen LogP contribution in [0.15, 0.2) is 54.6 Å². The molecular formula is C74H117N9O14. The number of ketones is 3. The lowest BCUT2D eigenvalue weighted by atomic mass is 9.83. The van der Waals surface area contributed by atoms with Crippen LogP contribution in [0.5, 0.6) is 0 Å². The van der Waals surface area contributed by atoms with Crippen molar-refractivity contribution in [2.24, 2.45) is 59.0 Å². The van der Waals surface area contributed by atoms with Crippen molar-refractivity contribution in [1.29, 1.82) is 0 Å². The Balaban J connectivity index is 1.45. The van der Waals surface area contributed by atoms with Gasteiger partial charge in [0.1, 0.15) is 5.78 Å². The number of anilines is 1. The van der Waals surface area contributed by atoms with Crippen molar-refractivity contribution in [3.05, 3.63) is 65.7 Å². The first-order valence-corrected chi connectivity index (χ1v) is 35.2. The molecule has 2 aliphatic heterocycles. The van der Waals surface area contributed by atoms with Crippen LogP contribution in [0.1, 0.15) is 164 Å². The van der Waals surface area contributed by atoms with Gasteiger partial charge in [0, 0.05) is 123 Å². The molecule has 23 nitrogen and oxygen atoms in total. The molecule has 11 atom stereocenters. The van der Waals surface area contributed by atoms with E-state index >= 15 is 0 Å². The highest BCUT2D eigenvalue weighted by Gasteiger charge is 2.44. The van der Waals surface area contributed by atoms with Crippen LogP contribution >= 0.6 is 0 Å². The van der Waals surface area contributed by atoms with Crippen molar-refractivity contribution in [2.45, 2.75) is 202 Å². The minimum Gasteiger partial charge on any atom is -0.466 e. The highest BCUT2D eigenvalue weighted by molar-refractivity contribution is 5.98. The number of hydrogen-bond acceptors (Lipinski definition) is 15. The van der Waals surface area contributed by atoms with Crippen molar-refractivity contribution in [2.75, 3.05) is 80.5 Å². The van der Waals surface area contributed by atoms with Crippen LogP contribution in [0.2, 0.25) is 0 Å². The zero-order chi connectivity index (χ0) is 72.4. The molecule has 542 valence electrons. The summed E-state index contributed by atoms with van der Waals surface area (Å²) in [5, 5.41) is 8.23. The summed E-state index contributed by atoms with van der Waals surface area (Å²) in [7, 11) is 10.3. The highest BCUT2D eigenvalue weighted by Crippen LogP contribution is 2.33. The summed E-state index contributed by atoms with van der Waals surface area (Å²) < 4.78 is 17.4. The first-order chi connectivity index (χ1) is 45.9. The number of methoxy groups -OCH3 is 2. The summed E-state index contributed by atoms with van der Waals surface area (Å²) in [5.41, 5.74) is 7.33. The maximum Gasteiger partial charge on any atom is 0.312 e. The Morgan fingerprint density at radius 3 is 1.87 bits per heavy atom. The molecule has 0 unspecified atom stereocenters. The molecule has 2 heterocycles. The number of primary amides is 1. The number of Topliss-reactive ketones (excluding diaryl/α,β-unsaturated/α-hetero) is 3. The van der Waals surface area contributed by atoms with E-state index in [-0.39, 0.29) is 154 Å². The number of ether oxygens (including phenoxy) is 3. The van der Waals surface area contributed by atoms with Crippen molar-refractivity contribution in [1.82, 2.24) is 35.1 Å². The van der Waals surface area contributed by atoms with Crippen LogP contribution in [-0.4, -0.2) is 201 Å². The summed E-state index contributed by atoms with van der Waals surface area (Å²) >= 11 is 0. The van der Waals surface area contributed by atoms with E-state index < -0.39 is 71.9 Å². The number of nitrogens with one attached hydrogen (secondary N) is 3.